The summed E-state index contributed by atoms with van der Waals surface area (Å²) >= 11 is 0. The van der Waals surface area contributed by atoms with Crippen LogP contribution in [0.4, 0.5) is 19.0 Å². The number of benzene rings is 1. The molecule has 8 heteroatoms. The molecule has 1 N–H and O–H groups in total. The van der Waals surface area contributed by atoms with Gasteiger partial charge in [-0.1, -0.05) is 18.2 Å². The minimum absolute atomic E-state index is 0.231. The first-order valence-electron chi connectivity index (χ1n) is 8.33. The van der Waals surface area contributed by atoms with E-state index in [0.29, 0.717) is 17.9 Å². The third-order valence-corrected chi connectivity index (χ3v) is 4.38. The van der Waals surface area contributed by atoms with Crippen molar-refractivity contribution in [2.45, 2.75) is 31.6 Å². The molecule has 1 aliphatic heterocycles. The second-order valence-electron chi connectivity index (χ2n) is 6.31. The van der Waals surface area contributed by atoms with Gasteiger partial charge in [0.2, 0.25) is 0 Å². The van der Waals surface area contributed by atoms with Gasteiger partial charge in [-0.05, 0) is 36.6 Å². The van der Waals surface area contributed by atoms with E-state index in [0.717, 1.165) is 32.0 Å². The molecule has 1 aliphatic rings. The number of nitrogens with zero attached hydrogens (tertiary/aromatic N) is 4. The fourth-order valence-corrected chi connectivity index (χ4v) is 3.02. The molecule has 136 valence electrons. The van der Waals surface area contributed by atoms with E-state index in [1.165, 1.54) is 12.1 Å². The molecule has 1 saturated heterocycles. The monoisotopic (exact) mass is 361 g/mol. The summed E-state index contributed by atoms with van der Waals surface area (Å²) in [7, 11) is 0. The number of hydrogen-bond acceptors (Lipinski definition) is 5. The minimum atomic E-state index is -4.31. The second kappa shape index (κ2) is 7.70. The Labute approximate surface area is 149 Å². The average molecular weight is 361 g/mol. The van der Waals surface area contributed by atoms with Crippen molar-refractivity contribution in [1.82, 2.24) is 15.1 Å². The molecule has 26 heavy (non-hydrogen) atoms. The quantitative estimate of drug-likeness (QED) is 0.904. The predicted octanol–water partition coefficient (Wildman–Crippen LogP) is 3.44. The molecule has 0 amide bonds. The molecule has 1 aromatic carbocycles. The summed E-state index contributed by atoms with van der Waals surface area (Å²) in [5.74, 6) is 0.625. The highest BCUT2D eigenvalue weighted by atomic mass is 19.4. The van der Waals surface area contributed by atoms with Crippen LogP contribution in [0.1, 0.15) is 29.7 Å². The zero-order chi connectivity index (χ0) is 18.6. The van der Waals surface area contributed by atoms with Crippen molar-refractivity contribution < 1.29 is 13.2 Å². The van der Waals surface area contributed by atoms with Crippen LogP contribution >= 0.6 is 0 Å². The van der Waals surface area contributed by atoms with Crippen molar-refractivity contribution in [2.75, 3.05) is 18.4 Å². The highest BCUT2D eigenvalue weighted by Gasteiger charge is 2.30. The summed E-state index contributed by atoms with van der Waals surface area (Å²) in [6, 6.07) is 11.0. The van der Waals surface area contributed by atoms with Crippen LogP contribution in [0.15, 0.2) is 36.4 Å². The van der Waals surface area contributed by atoms with Crippen molar-refractivity contribution in [3.05, 3.63) is 53.2 Å². The molecule has 0 radical (unpaired) electrons. The van der Waals surface area contributed by atoms with E-state index in [1.54, 1.807) is 18.2 Å². The molecule has 1 aromatic heterocycles. The summed E-state index contributed by atoms with van der Waals surface area (Å²) < 4.78 is 38.4. The van der Waals surface area contributed by atoms with E-state index < -0.39 is 11.7 Å². The first-order valence-corrected chi connectivity index (χ1v) is 8.33. The lowest BCUT2D eigenvalue weighted by Crippen LogP contribution is -2.38. The SMILES string of the molecule is N#Cc1ccc(NC2CCN(Cc3cccc(C(F)(F)F)c3)CC2)nn1. The van der Waals surface area contributed by atoms with Gasteiger partial charge in [0.05, 0.1) is 5.56 Å². The van der Waals surface area contributed by atoms with Crippen molar-refractivity contribution in [2.24, 2.45) is 0 Å². The topological polar surface area (TPSA) is 64.8 Å². The predicted molar refractivity (Wildman–Crippen MR) is 90.1 cm³/mol. The number of anilines is 1. The molecule has 3 rings (SSSR count). The third-order valence-electron chi connectivity index (χ3n) is 4.38. The summed E-state index contributed by atoms with van der Waals surface area (Å²) in [4.78, 5) is 2.15. The smallest absolute Gasteiger partial charge is 0.366 e. The molecule has 0 aliphatic carbocycles. The van der Waals surface area contributed by atoms with Gasteiger partial charge in [0.1, 0.15) is 11.9 Å². The lowest BCUT2D eigenvalue weighted by atomic mass is 10.0. The first-order chi connectivity index (χ1) is 12.4. The molecule has 0 bridgehead atoms. The van der Waals surface area contributed by atoms with E-state index in [9.17, 15) is 13.2 Å². The van der Waals surface area contributed by atoms with Gasteiger partial charge < -0.3 is 5.32 Å². The van der Waals surface area contributed by atoms with Crippen molar-refractivity contribution in [3.63, 3.8) is 0 Å². The summed E-state index contributed by atoms with van der Waals surface area (Å²) in [5, 5.41) is 19.8. The summed E-state index contributed by atoms with van der Waals surface area (Å²) in [5.41, 5.74) is 0.335. The number of likely N-dealkylation sites (tertiary alicyclic amines) is 1. The second-order valence-corrected chi connectivity index (χ2v) is 6.31. The van der Waals surface area contributed by atoms with E-state index >= 15 is 0 Å². The molecule has 1 fully saturated rings. The van der Waals surface area contributed by atoms with E-state index in [1.807, 2.05) is 6.07 Å². The van der Waals surface area contributed by atoms with Crippen LogP contribution in [0.3, 0.4) is 0 Å². The Balaban J connectivity index is 1.51. The molecule has 0 atom stereocenters. The lowest BCUT2D eigenvalue weighted by Gasteiger charge is -2.32. The molecule has 2 aromatic rings. The number of piperidine rings is 1. The Morgan fingerprint density at radius 1 is 1.15 bits per heavy atom. The Kier molecular flexibility index (Phi) is 5.38. The maximum absolute atomic E-state index is 12.8. The molecule has 2 heterocycles. The average Bonchev–Trinajstić information content (AvgIpc) is 2.63. The zero-order valence-corrected chi connectivity index (χ0v) is 14.0. The van der Waals surface area contributed by atoms with E-state index in [4.69, 9.17) is 5.26 Å². The van der Waals surface area contributed by atoms with Crippen molar-refractivity contribution >= 4 is 5.82 Å². The van der Waals surface area contributed by atoms with Crippen LogP contribution < -0.4 is 5.32 Å². The van der Waals surface area contributed by atoms with Crippen LogP contribution in [0.25, 0.3) is 0 Å². The van der Waals surface area contributed by atoms with Crippen LogP contribution in [0.2, 0.25) is 0 Å². The van der Waals surface area contributed by atoms with Gasteiger partial charge in [-0.2, -0.15) is 18.4 Å². The normalized spacial score (nSPS) is 16.2. The first kappa shape index (κ1) is 18.1. The number of halogens is 3. The zero-order valence-electron chi connectivity index (χ0n) is 14.0. The highest BCUT2D eigenvalue weighted by molar-refractivity contribution is 5.36. The van der Waals surface area contributed by atoms with Gasteiger partial charge in [0.25, 0.3) is 0 Å². The van der Waals surface area contributed by atoms with Crippen LogP contribution in [-0.4, -0.2) is 34.2 Å². The van der Waals surface area contributed by atoms with Crippen LogP contribution in [0.5, 0.6) is 0 Å². The maximum atomic E-state index is 12.8. The Morgan fingerprint density at radius 3 is 2.54 bits per heavy atom. The molecule has 0 spiro atoms. The fourth-order valence-electron chi connectivity index (χ4n) is 3.02. The molecular weight excluding hydrogens is 343 g/mol. The molecule has 0 saturated carbocycles. The Morgan fingerprint density at radius 2 is 1.92 bits per heavy atom. The Bertz CT molecular complexity index is 775. The summed E-state index contributed by atoms with van der Waals surface area (Å²) in [6.45, 7) is 2.09. The number of nitrogens with one attached hydrogen (secondary N) is 1. The van der Waals surface area contributed by atoms with Gasteiger partial charge in [-0.25, -0.2) is 0 Å². The van der Waals surface area contributed by atoms with Gasteiger partial charge in [0.15, 0.2) is 5.69 Å². The van der Waals surface area contributed by atoms with E-state index in [-0.39, 0.29) is 11.7 Å². The van der Waals surface area contributed by atoms with E-state index in [2.05, 4.69) is 20.4 Å². The van der Waals surface area contributed by atoms with Crippen LogP contribution in [0, 0.1) is 11.3 Å². The largest absolute Gasteiger partial charge is 0.416 e. The minimum Gasteiger partial charge on any atom is -0.366 e. The molecule has 5 nitrogen and oxygen atoms in total. The number of nitriles is 1. The van der Waals surface area contributed by atoms with Gasteiger partial charge in [-0.3, -0.25) is 4.90 Å². The molecular formula is C18H18F3N5. The van der Waals surface area contributed by atoms with Gasteiger partial charge >= 0.3 is 6.18 Å². The van der Waals surface area contributed by atoms with Crippen molar-refractivity contribution in [1.29, 1.82) is 5.26 Å². The van der Waals surface area contributed by atoms with Gasteiger partial charge in [-0.15, -0.1) is 10.2 Å². The van der Waals surface area contributed by atoms with Crippen molar-refractivity contribution in [3.8, 4) is 6.07 Å². The standard InChI is InChI=1S/C18H18F3N5/c19-18(20,21)14-3-1-2-13(10-14)12-26-8-6-15(7-9-26)23-17-5-4-16(11-22)24-25-17/h1-5,10,15H,6-9,12H2,(H,23,25). The molecule has 0 unspecified atom stereocenters. The Hall–Kier alpha value is -2.66. The highest BCUT2D eigenvalue weighted by Crippen LogP contribution is 2.30. The number of rotatable bonds is 4. The maximum Gasteiger partial charge on any atom is 0.416 e. The number of alkyl halides is 3. The number of aromatic nitrogens is 2. The summed E-state index contributed by atoms with van der Waals surface area (Å²) in [6.07, 6.45) is -2.59. The lowest BCUT2D eigenvalue weighted by molar-refractivity contribution is -0.137. The van der Waals surface area contributed by atoms with Gasteiger partial charge in [0, 0.05) is 25.7 Å². The van der Waals surface area contributed by atoms with Crippen LogP contribution in [-0.2, 0) is 12.7 Å². The number of hydrogen-bond donors (Lipinski definition) is 1. The fraction of sp³-hybridized carbons (Fsp3) is 0.389. The third kappa shape index (κ3) is 4.70.